The van der Waals surface area contributed by atoms with Gasteiger partial charge in [-0.25, -0.2) is 10.2 Å². The molecular weight excluding hydrogens is 382 g/mol. The van der Waals surface area contributed by atoms with Crippen LogP contribution in [-0.4, -0.2) is 23.3 Å². The third-order valence-corrected chi connectivity index (χ3v) is 4.85. The van der Waals surface area contributed by atoms with Crippen LogP contribution in [0.3, 0.4) is 0 Å². The number of hydrogen-bond donors (Lipinski definition) is 1. The van der Waals surface area contributed by atoms with Gasteiger partial charge in [-0.1, -0.05) is 13.8 Å². The highest BCUT2D eigenvalue weighted by Crippen LogP contribution is 2.22. The molecule has 0 aliphatic rings. The van der Waals surface area contributed by atoms with E-state index in [2.05, 4.69) is 41.9 Å². The van der Waals surface area contributed by atoms with Crippen LogP contribution in [0.4, 0.5) is 0 Å². The quantitative estimate of drug-likeness (QED) is 0.366. The minimum absolute atomic E-state index is 0.203. The van der Waals surface area contributed by atoms with E-state index in [4.69, 9.17) is 9.15 Å². The molecule has 0 aliphatic heterocycles. The van der Waals surface area contributed by atoms with Gasteiger partial charge in [0.15, 0.2) is 6.61 Å². The molecule has 3 aromatic rings. The van der Waals surface area contributed by atoms with Crippen LogP contribution < -0.4 is 15.8 Å². The fourth-order valence-electron chi connectivity index (χ4n) is 3.35. The molecule has 0 fully saturated rings. The fourth-order valence-corrected chi connectivity index (χ4v) is 3.35. The minimum Gasteiger partial charge on any atom is -0.484 e. The van der Waals surface area contributed by atoms with Crippen LogP contribution in [0.25, 0.3) is 11.0 Å². The SMILES string of the molecule is Cc1cc(=O)oc2cc(OCC(=O)N/N=C\c3cc(C)n(CC(C)C)c3C)ccc12. The lowest BCUT2D eigenvalue weighted by Crippen LogP contribution is -2.24. The molecule has 0 atom stereocenters. The topological polar surface area (TPSA) is 85.8 Å². The van der Waals surface area contributed by atoms with Crippen LogP contribution >= 0.6 is 0 Å². The Hall–Kier alpha value is -3.35. The molecule has 0 radical (unpaired) electrons. The number of rotatable bonds is 7. The van der Waals surface area contributed by atoms with Crippen LogP contribution in [-0.2, 0) is 11.3 Å². The summed E-state index contributed by atoms with van der Waals surface area (Å²) in [6, 6.07) is 8.62. The van der Waals surface area contributed by atoms with E-state index in [-0.39, 0.29) is 12.5 Å². The first-order chi connectivity index (χ1) is 14.2. The van der Waals surface area contributed by atoms with Crippen molar-refractivity contribution in [1.29, 1.82) is 0 Å². The van der Waals surface area contributed by atoms with Gasteiger partial charge in [-0.2, -0.15) is 5.10 Å². The molecule has 158 valence electrons. The summed E-state index contributed by atoms with van der Waals surface area (Å²) in [5.41, 5.74) is 6.55. The Morgan fingerprint density at radius 1 is 1.23 bits per heavy atom. The Morgan fingerprint density at radius 3 is 2.73 bits per heavy atom. The number of nitrogens with one attached hydrogen (secondary N) is 1. The van der Waals surface area contributed by atoms with Crippen LogP contribution in [0.15, 0.2) is 44.6 Å². The number of fused-ring (bicyclic) bond motifs is 1. The number of aromatic nitrogens is 1. The van der Waals surface area contributed by atoms with E-state index in [1.807, 2.05) is 13.8 Å². The summed E-state index contributed by atoms with van der Waals surface area (Å²) in [6.07, 6.45) is 1.64. The van der Waals surface area contributed by atoms with E-state index in [9.17, 15) is 9.59 Å². The lowest BCUT2D eigenvalue weighted by molar-refractivity contribution is -0.123. The van der Waals surface area contributed by atoms with Gasteiger partial charge in [0.05, 0.1) is 6.21 Å². The fraction of sp³-hybridized carbons (Fsp3) is 0.348. The molecule has 0 bridgehead atoms. The molecule has 1 aromatic carbocycles. The van der Waals surface area contributed by atoms with Gasteiger partial charge in [0, 0.05) is 41.0 Å². The van der Waals surface area contributed by atoms with E-state index in [0.29, 0.717) is 17.3 Å². The Labute approximate surface area is 175 Å². The van der Waals surface area contributed by atoms with Crippen molar-refractivity contribution in [2.75, 3.05) is 6.61 Å². The number of aryl methyl sites for hydroxylation is 2. The molecule has 30 heavy (non-hydrogen) atoms. The normalized spacial score (nSPS) is 11.5. The highest BCUT2D eigenvalue weighted by Gasteiger charge is 2.09. The van der Waals surface area contributed by atoms with Gasteiger partial charge in [0.2, 0.25) is 0 Å². The smallest absolute Gasteiger partial charge is 0.336 e. The Bertz CT molecular complexity index is 1160. The largest absolute Gasteiger partial charge is 0.484 e. The van der Waals surface area contributed by atoms with Gasteiger partial charge in [-0.15, -0.1) is 0 Å². The molecular formula is C23H27N3O4. The van der Waals surface area contributed by atoms with Crippen molar-refractivity contribution in [2.24, 2.45) is 11.0 Å². The molecule has 0 aliphatic carbocycles. The standard InChI is InChI=1S/C23H27N3O4/c1-14(2)12-26-16(4)9-18(17(26)5)11-24-25-22(27)13-29-19-6-7-20-15(3)8-23(28)30-21(20)10-19/h6-11,14H,12-13H2,1-5H3,(H,25,27)/b24-11-. The van der Waals surface area contributed by atoms with Crippen molar-refractivity contribution in [3.8, 4) is 5.75 Å². The summed E-state index contributed by atoms with van der Waals surface area (Å²) in [6.45, 7) is 11.0. The van der Waals surface area contributed by atoms with Crippen molar-refractivity contribution in [3.05, 3.63) is 63.3 Å². The third kappa shape index (κ3) is 4.97. The van der Waals surface area contributed by atoms with Crippen molar-refractivity contribution in [1.82, 2.24) is 9.99 Å². The summed E-state index contributed by atoms with van der Waals surface area (Å²) < 4.78 is 12.9. The average Bonchev–Trinajstić information content (AvgIpc) is 2.93. The van der Waals surface area contributed by atoms with Crippen molar-refractivity contribution in [3.63, 3.8) is 0 Å². The monoisotopic (exact) mass is 409 g/mol. The molecule has 3 rings (SSSR count). The molecule has 0 saturated heterocycles. The Balaban J connectivity index is 1.59. The van der Waals surface area contributed by atoms with Crippen LogP contribution in [0.5, 0.6) is 5.75 Å². The van der Waals surface area contributed by atoms with Crippen LogP contribution in [0.2, 0.25) is 0 Å². The number of nitrogens with zero attached hydrogens (tertiary/aromatic N) is 2. The summed E-state index contributed by atoms with van der Waals surface area (Å²) in [7, 11) is 0. The molecule has 2 heterocycles. The van der Waals surface area contributed by atoms with Gasteiger partial charge < -0.3 is 13.7 Å². The summed E-state index contributed by atoms with van der Waals surface area (Å²) in [5, 5.41) is 4.87. The first kappa shape index (κ1) is 21.4. The maximum absolute atomic E-state index is 12.1. The van der Waals surface area contributed by atoms with E-state index < -0.39 is 5.63 Å². The van der Waals surface area contributed by atoms with E-state index in [0.717, 1.165) is 34.4 Å². The maximum atomic E-state index is 12.1. The number of carbonyl (C=O) groups excluding carboxylic acids is 1. The van der Waals surface area contributed by atoms with E-state index >= 15 is 0 Å². The number of carbonyl (C=O) groups is 1. The molecule has 2 aromatic heterocycles. The first-order valence-corrected chi connectivity index (χ1v) is 9.90. The van der Waals surface area contributed by atoms with Gasteiger partial charge in [0.1, 0.15) is 11.3 Å². The number of benzene rings is 1. The van der Waals surface area contributed by atoms with Gasteiger partial charge in [0.25, 0.3) is 5.91 Å². The van der Waals surface area contributed by atoms with E-state index in [1.165, 1.54) is 6.07 Å². The molecule has 1 amide bonds. The van der Waals surface area contributed by atoms with Gasteiger partial charge in [-0.05, 0) is 50.5 Å². The van der Waals surface area contributed by atoms with Gasteiger partial charge in [-0.3, -0.25) is 4.79 Å². The van der Waals surface area contributed by atoms with Crippen LogP contribution in [0, 0.1) is 26.7 Å². The number of amides is 1. The molecule has 7 nitrogen and oxygen atoms in total. The zero-order valence-corrected chi connectivity index (χ0v) is 18.0. The van der Waals surface area contributed by atoms with Crippen molar-refractivity contribution < 1.29 is 13.9 Å². The lowest BCUT2D eigenvalue weighted by atomic mass is 10.1. The summed E-state index contributed by atoms with van der Waals surface area (Å²) >= 11 is 0. The zero-order valence-electron chi connectivity index (χ0n) is 18.0. The highest BCUT2D eigenvalue weighted by molar-refractivity contribution is 5.84. The third-order valence-electron chi connectivity index (χ3n) is 4.85. The maximum Gasteiger partial charge on any atom is 0.336 e. The summed E-state index contributed by atoms with van der Waals surface area (Å²) in [4.78, 5) is 23.6. The number of ether oxygens (including phenoxy) is 1. The molecule has 0 unspecified atom stereocenters. The number of hydrogen-bond acceptors (Lipinski definition) is 5. The van der Waals surface area contributed by atoms with Crippen molar-refractivity contribution in [2.45, 2.75) is 41.2 Å². The number of hydrazone groups is 1. The minimum atomic E-state index is -0.419. The second-order valence-electron chi connectivity index (χ2n) is 7.82. The Kier molecular flexibility index (Phi) is 6.40. The highest BCUT2D eigenvalue weighted by atomic mass is 16.5. The molecule has 1 N–H and O–H groups in total. The Morgan fingerprint density at radius 2 is 2.00 bits per heavy atom. The van der Waals surface area contributed by atoms with Crippen molar-refractivity contribution >= 4 is 23.1 Å². The zero-order chi connectivity index (χ0) is 21.8. The second-order valence-corrected chi connectivity index (χ2v) is 7.82. The molecule has 0 spiro atoms. The molecule has 7 heteroatoms. The van der Waals surface area contributed by atoms with Crippen LogP contribution in [0.1, 0.15) is 36.4 Å². The van der Waals surface area contributed by atoms with Gasteiger partial charge >= 0.3 is 5.63 Å². The lowest BCUT2D eigenvalue weighted by Gasteiger charge is -2.11. The summed E-state index contributed by atoms with van der Waals surface area (Å²) in [5.74, 6) is 0.601. The predicted octanol–water partition coefficient (Wildman–Crippen LogP) is 3.70. The molecule has 0 saturated carbocycles. The van der Waals surface area contributed by atoms with E-state index in [1.54, 1.807) is 24.4 Å². The first-order valence-electron chi connectivity index (χ1n) is 9.90. The second kappa shape index (κ2) is 8.98. The predicted molar refractivity (Wildman–Crippen MR) is 117 cm³/mol. The average molecular weight is 409 g/mol.